The quantitative estimate of drug-likeness (QED) is 0.206. The largest absolute Gasteiger partial charge is 0.494 e. The van der Waals surface area contributed by atoms with Crippen molar-refractivity contribution in [1.82, 2.24) is 10.6 Å². The first-order chi connectivity index (χ1) is 21.4. The fourth-order valence-electron chi connectivity index (χ4n) is 4.35. The van der Waals surface area contributed by atoms with Gasteiger partial charge in [-0.2, -0.15) is 0 Å². The van der Waals surface area contributed by atoms with Crippen molar-refractivity contribution in [1.29, 1.82) is 0 Å². The number of hydrogen-bond acceptors (Lipinski definition) is 8. The molecule has 1 aliphatic rings. The van der Waals surface area contributed by atoms with Gasteiger partial charge < -0.3 is 29.7 Å². The fourth-order valence-corrected chi connectivity index (χ4v) is 4.77. The summed E-state index contributed by atoms with van der Waals surface area (Å²) in [5.41, 5.74) is 3.00. The molecule has 44 heavy (non-hydrogen) atoms. The number of hydrogen-bond donors (Lipinski definition) is 4. The van der Waals surface area contributed by atoms with Gasteiger partial charge in [-0.05, 0) is 91.9 Å². The molecule has 3 aromatic carbocycles. The summed E-state index contributed by atoms with van der Waals surface area (Å²) in [6, 6.07) is 19.5. The zero-order chi connectivity index (χ0) is 31.3. The third-order valence-corrected chi connectivity index (χ3v) is 6.85. The number of benzene rings is 3. The summed E-state index contributed by atoms with van der Waals surface area (Å²) in [5, 5.41) is 11.9. The van der Waals surface area contributed by atoms with E-state index in [2.05, 4.69) is 26.2 Å². The summed E-state index contributed by atoms with van der Waals surface area (Å²) >= 11 is 11.0. The third kappa shape index (κ3) is 9.63. The minimum atomic E-state index is -0.361. The molecular weight excluding hydrogens is 599 g/mol. The first-order valence-electron chi connectivity index (χ1n) is 14.5. The van der Waals surface area contributed by atoms with E-state index in [-0.39, 0.29) is 22.0 Å². The van der Waals surface area contributed by atoms with Crippen LogP contribution in [0.1, 0.15) is 47.4 Å². The van der Waals surface area contributed by atoms with Gasteiger partial charge in [0.2, 0.25) is 0 Å². The van der Waals surface area contributed by atoms with E-state index in [0.717, 1.165) is 18.5 Å². The molecule has 0 saturated carbocycles. The average molecular weight is 636 g/mol. The van der Waals surface area contributed by atoms with Crippen LogP contribution in [0.5, 0.6) is 11.5 Å². The maximum Gasteiger partial charge on any atom is 0.257 e. The van der Waals surface area contributed by atoms with E-state index in [1.807, 2.05) is 38.1 Å². The first kappa shape index (κ1) is 32.6. The number of carbonyl (C=O) groups excluding carboxylic acids is 2. The number of nitrogens with zero attached hydrogens (tertiary/aromatic N) is 1. The van der Waals surface area contributed by atoms with E-state index in [4.69, 9.17) is 38.6 Å². The van der Waals surface area contributed by atoms with E-state index in [9.17, 15) is 9.59 Å². The molecule has 0 bridgehead atoms. The van der Waals surface area contributed by atoms with Gasteiger partial charge in [-0.25, -0.2) is 0 Å². The maximum atomic E-state index is 13.0. The zero-order valence-electron chi connectivity index (χ0n) is 24.8. The van der Waals surface area contributed by atoms with Crippen molar-refractivity contribution in [2.75, 3.05) is 55.1 Å². The van der Waals surface area contributed by atoms with Crippen molar-refractivity contribution in [2.24, 2.45) is 0 Å². The number of nitrogens with one attached hydrogen (secondary N) is 4. The van der Waals surface area contributed by atoms with Crippen molar-refractivity contribution in [3.8, 4) is 11.5 Å². The Labute approximate surface area is 268 Å². The molecule has 0 aromatic heterocycles. The van der Waals surface area contributed by atoms with Gasteiger partial charge >= 0.3 is 0 Å². The van der Waals surface area contributed by atoms with Gasteiger partial charge in [0.1, 0.15) is 11.5 Å². The predicted molar refractivity (Wildman–Crippen MR) is 181 cm³/mol. The minimum absolute atomic E-state index is 0.126. The fraction of sp³-hybridized carbons (Fsp3) is 0.312. The van der Waals surface area contributed by atoms with E-state index >= 15 is 0 Å². The van der Waals surface area contributed by atoms with Crippen molar-refractivity contribution in [2.45, 2.75) is 26.7 Å². The highest BCUT2D eigenvalue weighted by atomic mass is 32.1. The lowest BCUT2D eigenvalue weighted by atomic mass is 10.2. The minimum Gasteiger partial charge on any atom is -0.494 e. The number of rotatable bonds is 11. The summed E-state index contributed by atoms with van der Waals surface area (Å²) in [6.07, 6.45) is 1.73. The Bertz CT molecular complexity index is 1480. The summed E-state index contributed by atoms with van der Waals surface area (Å²) in [7, 11) is 0. The zero-order valence-corrected chi connectivity index (χ0v) is 26.4. The number of carbonyl (C=O) groups is 2. The van der Waals surface area contributed by atoms with Crippen LogP contribution in [0.15, 0.2) is 66.7 Å². The second-order valence-electron chi connectivity index (χ2n) is 9.90. The number of amides is 2. The summed E-state index contributed by atoms with van der Waals surface area (Å²) < 4.78 is 16.8. The van der Waals surface area contributed by atoms with Gasteiger partial charge in [0.15, 0.2) is 10.2 Å². The Morgan fingerprint density at radius 2 is 1.32 bits per heavy atom. The molecule has 0 aliphatic carbocycles. The van der Waals surface area contributed by atoms with E-state index in [1.54, 1.807) is 42.5 Å². The van der Waals surface area contributed by atoms with Crippen molar-refractivity contribution in [3.63, 3.8) is 0 Å². The van der Waals surface area contributed by atoms with Crippen LogP contribution in [0.25, 0.3) is 0 Å². The Hall–Kier alpha value is -4.26. The topological polar surface area (TPSA) is 113 Å². The first-order valence-corrected chi connectivity index (χ1v) is 15.3. The molecule has 1 saturated heterocycles. The van der Waals surface area contributed by atoms with E-state index < -0.39 is 0 Å². The monoisotopic (exact) mass is 635 g/mol. The Morgan fingerprint density at radius 3 is 1.86 bits per heavy atom. The van der Waals surface area contributed by atoms with Crippen LogP contribution < -0.4 is 35.6 Å². The highest BCUT2D eigenvalue weighted by Gasteiger charge is 2.18. The Balaban J connectivity index is 1.44. The van der Waals surface area contributed by atoms with E-state index in [1.165, 1.54) is 0 Å². The summed E-state index contributed by atoms with van der Waals surface area (Å²) in [6.45, 7) is 7.74. The van der Waals surface area contributed by atoms with Crippen molar-refractivity contribution < 1.29 is 23.8 Å². The smallest absolute Gasteiger partial charge is 0.257 e. The summed E-state index contributed by atoms with van der Waals surface area (Å²) in [4.78, 5) is 28.0. The van der Waals surface area contributed by atoms with Gasteiger partial charge in [0.25, 0.3) is 11.8 Å². The van der Waals surface area contributed by atoms with Gasteiger partial charge in [-0.3, -0.25) is 20.2 Å². The standard InChI is InChI=1S/C32H37N5O5S2/c1-3-15-41-25-9-5-7-22(19-25)29(38)35-31(43)33-24-11-12-28(37-13-17-40-18-14-37)27(21-24)34-32(44)36-30(39)23-8-6-10-26(20-23)42-16-4-2/h5-12,19-21H,3-4,13-18H2,1-2H3,(H2,33,35,38,43)(H2,34,36,39,44). The van der Waals surface area contributed by atoms with Crippen molar-refractivity contribution >= 4 is 63.5 Å². The Morgan fingerprint density at radius 1 is 0.773 bits per heavy atom. The van der Waals surface area contributed by atoms with Crippen LogP contribution in [0.4, 0.5) is 17.1 Å². The number of anilines is 3. The molecular formula is C32H37N5O5S2. The van der Waals surface area contributed by atoms with E-state index in [0.29, 0.717) is 73.5 Å². The lowest BCUT2D eigenvalue weighted by Crippen LogP contribution is -2.38. The lowest BCUT2D eigenvalue weighted by molar-refractivity contribution is 0.0969. The molecule has 2 amide bonds. The SMILES string of the molecule is CCCOc1cccc(C(=O)NC(=S)Nc2ccc(N3CCOCC3)c(NC(=S)NC(=O)c3cccc(OCCC)c3)c2)c1. The molecule has 3 aromatic rings. The van der Waals surface area contributed by atoms with Crippen LogP contribution >= 0.6 is 24.4 Å². The molecule has 1 heterocycles. The van der Waals surface area contributed by atoms with Gasteiger partial charge in [-0.1, -0.05) is 26.0 Å². The molecule has 1 aliphatic heterocycles. The lowest BCUT2D eigenvalue weighted by Gasteiger charge is -2.31. The predicted octanol–water partition coefficient (Wildman–Crippen LogP) is 5.35. The normalized spacial score (nSPS) is 12.5. The molecule has 4 N–H and O–H groups in total. The molecule has 4 rings (SSSR count). The molecule has 10 nitrogen and oxygen atoms in total. The molecule has 232 valence electrons. The molecule has 0 atom stereocenters. The molecule has 1 fully saturated rings. The van der Waals surface area contributed by atoms with Gasteiger partial charge in [-0.15, -0.1) is 0 Å². The highest BCUT2D eigenvalue weighted by molar-refractivity contribution is 7.80. The molecule has 0 radical (unpaired) electrons. The number of thiocarbonyl (C=S) groups is 2. The van der Waals surface area contributed by atoms with Crippen LogP contribution in [-0.4, -0.2) is 61.6 Å². The average Bonchev–Trinajstić information content (AvgIpc) is 3.03. The summed E-state index contributed by atoms with van der Waals surface area (Å²) in [5.74, 6) is 0.515. The molecule has 0 unspecified atom stereocenters. The maximum absolute atomic E-state index is 13.0. The van der Waals surface area contributed by atoms with Crippen LogP contribution in [0.2, 0.25) is 0 Å². The number of ether oxygens (including phenoxy) is 3. The van der Waals surface area contributed by atoms with Crippen molar-refractivity contribution in [3.05, 3.63) is 77.9 Å². The van der Waals surface area contributed by atoms with Crippen LogP contribution in [0, 0.1) is 0 Å². The number of morpholine rings is 1. The highest BCUT2D eigenvalue weighted by Crippen LogP contribution is 2.30. The van der Waals surface area contributed by atoms with Crippen LogP contribution in [-0.2, 0) is 4.74 Å². The third-order valence-electron chi connectivity index (χ3n) is 6.45. The van der Waals surface area contributed by atoms with Gasteiger partial charge in [0, 0.05) is 29.9 Å². The van der Waals surface area contributed by atoms with Gasteiger partial charge in [0.05, 0.1) is 37.8 Å². The molecule has 12 heteroatoms. The second-order valence-corrected chi connectivity index (χ2v) is 10.7. The Kier molecular flexibility index (Phi) is 12.3. The van der Waals surface area contributed by atoms with Crippen LogP contribution in [0.3, 0.4) is 0 Å². The molecule has 0 spiro atoms. The second kappa shape index (κ2) is 16.6.